The molecular formula is C23H31N3O2S. The van der Waals surface area contributed by atoms with Crippen LogP contribution >= 0.6 is 11.3 Å². The zero-order valence-electron chi connectivity index (χ0n) is 17.5. The number of benzene rings is 1. The number of hydrogen-bond acceptors (Lipinski definition) is 4. The lowest BCUT2D eigenvalue weighted by molar-refractivity contribution is 0.0929. The average molecular weight is 414 g/mol. The number of aliphatic hydroxyl groups excluding tert-OH is 1. The van der Waals surface area contributed by atoms with Crippen LogP contribution in [0.3, 0.4) is 0 Å². The predicted molar refractivity (Wildman–Crippen MR) is 120 cm³/mol. The van der Waals surface area contributed by atoms with Crippen LogP contribution in [0.2, 0.25) is 0 Å². The Kier molecular flexibility index (Phi) is 7.45. The minimum atomic E-state index is -0.107. The Morgan fingerprint density at radius 1 is 1.21 bits per heavy atom. The monoisotopic (exact) mass is 413 g/mol. The summed E-state index contributed by atoms with van der Waals surface area (Å²) in [7, 11) is 0. The third-order valence-electron chi connectivity index (χ3n) is 5.55. The molecule has 2 N–H and O–H groups in total. The Bertz CT molecular complexity index is 929. The van der Waals surface area contributed by atoms with Crippen molar-refractivity contribution in [1.29, 1.82) is 0 Å². The van der Waals surface area contributed by atoms with Crippen LogP contribution in [0.1, 0.15) is 73.6 Å². The minimum absolute atomic E-state index is 0.0142. The van der Waals surface area contributed by atoms with Gasteiger partial charge in [0.05, 0.1) is 11.0 Å². The van der Waals surface area contributed by atoms with Gasteiger partial charge in [-0.05, 0) is 55.3 Å². The first-order valence-electron chi connectivity index (χ1n) is 10.6. The van der Waals surface area contributed by atoms with Gasteiger partial charge < -0.3 is 15.0 Å². The number of fused-ring (bicyclic) bond motifs is 1. The van der Waals surface area contributed by atoms with E-state index in [1.165, 1.54) is 4.88 Å². The molecule has 1 aromatic carbocycles. The molecular weight excluding hydrogens is 382 g/mol. The summed E-state index contributed by atoms with van der Waals surface area (Å²) in [6, 6.07) is 10.4. The minimum Gasteiger partial charge on any atom is -0.396 e. The average Bonchev–Trinajstić information content (AvgIpc) is 3.36. The highest BCUT2D eigenvalue weighted by atomic mass is 32.1. The van der Waals surface area contributed by atoms with E-state index in [1.807, 2.05) is 25.1 Å². The first kappa shape index (κ1) is 21.5. The standard InChI is InChI=1S/C23H31N3O2S/c1-4-17(11-12-27)24-23(28)16-9-10-21-20(14-16)25-22(15-19-8-7-13-29-19)26(21)18(5-2)6-3/h7-10,13-14,17-18,27H,4-6,11-12,15H2,1-3H3,(H,24,28). The van der Waals surface area contributed by atoms with Crippen LogP contribution in [0, 0.1) is 0 Å². The van der Waals surface area contributed by atoms with Gasteiger partial charge in [0, 0.05) is 35.6 Å². The van der Waals surface area contributed by atoms with Crippen LogP contribution in [0.25, 0.3) is 11.0 Å². The van der Waals surface area contributed by atoms with E-state index >= 15 is 0 Å². The van der Waals surface area contributed by atoms with Crippen LogP contribution in [-0.4, -0.2) is 33.2 Å². The van der Waals surface area contributed by atoms with E-state index in [1.54, 1.807) is 11.3 Å². The van der Waals surface area contributed by atoms with E-state index in [0.717, 1.165) is 42.5 Å². The lowest BCUT2D eigenvalue weighted by atomic mass is 10.1. The molecule has 0 saturated heterocycles. The van der Waals surface area contributed by atoms with Gasteiger partial charge in [0.2, 0.25) is 0 Å². The van der Waals surface area contributed by atoms with E-state index in [0.29, 0.717) is 18.0 Å². The molecule has 0 aliphatic heterocycles. The first-order chi connectivity index (χ1) is 14.1. The molecule has 0 radical (unpaired) electrons. The number of aromatic nitrogens is 2. The quantitative estimate of drug-likeness (QED) is 0.495. The van der Waals surface area contributed by atoms with Crippen molar-refractivity contribution >= 4 is 28.3 Å². The molecule has 156 valence electrons. The van der Waals surface area contributed by atoms with Crippen molar-refractivity contribution in [3.63, 3.8) is 0 Å². The fourth-order valence-electron chi connectivity index (χ4n) is 3.85. The highest BCUT2D eigenvalue weighted by Crippen LogP contribution is 2.28. The number of carbonyl (C=O) groups excluding carboxylic acids is 1. The summed E-state index contributed by atoms with van der Waals surface area (Å²) in [5, 5.41) is 14.3. The molecule has 5 nitrogen and oxygen atoms in total. The molecule has 0 spiro atoms. The van der Waals surface area contributed by atoms with Crippen LogP contribution in [0.4, 0.5) is 0 Å². The molecule has 3 aromatic rings. The van der Waals surface area contributed by atoms with Gasteiger partial charge >= 0.3 is 0 Å². The molecule has 29 heavy (non-hydrogen) atoms. The van der Waals surface area contributed by atoms with Crippen LogP contribution in [0.5, 0.6) is 0 Å². The number of thiophene rings is 1. The second kappa shape index (κ2) is 10.0. The lowest BCUT2D eigenvalue weighted by Crippen LogP contribution is -2.35. The SMILES string of the molecule is CCC(CCO)NC(=O)c1ccc2c(c1)nc(Cc1cccs1)n2C(CC)CC. The number of carbonyl (C=O) groups is 1. The van der Waals surface area contributed by atoms with Gasteiger partial charge in [-0.1, -0.05) is 26.8 Å². The van der Waals surface area contributed by atoms with Crippen LogP contribution in [-0.2, 0) is 6.42 Å². The molecule has 0 fully saturated rings. The molecule has 3 rings (SSSR count). The summed E-state index contributed by atoms with van der Waals surface area (Å²) >= 11 is 1.75. The van der Waals surface area contributed by atoms with Gasteiger partial charge in [-0.25, -0.2) is 4.98 Å². The number of nitrogens with one attached hydrogen (secondary N) is 1. The maximum Gasteiger partial charge on any atom is 0.251 e. The smallest absolute Gasteiger partial charge is 0.251 e. The van der Waals surface area contributed by atoms with Crippen LogP contribution in [0.15, 0.2) is 35.7 Å². The van der Waals surface area contributed by atoms with Crippen molar-refractivity contribution in [3.8, 4) is 0 Å². The predicted octanol–water partition coefficient (Wildman–Crippen LogP) is 4.94. The molecule has 2 heterocycles. The maximum absolute atomic E-state index is 12.7. The van der Waals surface area contributed by atoms with Crippen molar-refractivity contribution in [2.45, 2.75) is 65.0 Å². The van der Waals surface area contributed by atoms with Gasteiger partial charge in [0.25, 0.3) is 5.91 Å². The fourth-order valence-corrected chi connectivity index (χ4v) is 4.55. The second-order valence-corrected chi connectivity index (χ2v) is 8.45. The Balaban J connectivity index is 1.96. The second-order valence-electron chi connectivity index (χ2n) is 7.42. The molecule has 2 aromatic heterocycles. The van der Waals surface area contributed by atoms with Gasteiger partial charge in [-0.2, -0.15) is 0 Å². The first-order valence-corrected chi connectivity index (χ1v) is 11.4. The van der Waals surface area contributed by atoms with Crippen molar-refractivity contribution < 1.29 is 9.90 Å². The normalized spacial score (nSPS) is 12.6. The van der Waals surface area contributed by atoms with Crippen molar-refractivity contribution in [2.24, 2.45) is 0 Å². The molecule has 6 heteroatoms. The zero-order chi connectivity index (χ0) is 20.8. The number of amides is 1. The van der Waals surface area contributed by atoms with Gasteiger partial charge in [0.1, 0.15) is 5.82 Å². The molecule has 0 saturated carbocycles. The summed E-state index contributed by atoms with van der Waals surface area (Å²) in [4.78, 5) is 18.9. The van der Waals surface area contributed by atoms with Crippen molar-refractivity contribution in [2.75, 3.05) is 6.61 Å². The molecule has 0 aliphatic rings. The summed E-state index contributed by atoms with van der Waals surface area (Å²) in [6.45, 7) is 6.51. The van der Waals surface area contributed by atoms with Gasteiger partial charge in [0.15, 0.2) is 0 Å². The lowest BCUT2D eigenvalue weighted by Gasteiger charge is -2.19. The third-order valence-corrected chi connectivity index (χ3v) is 6.43. The van der Waals surface area contributed by atoms with Crippen molar-refractivity contribution in [3.05, 3.63) is 52.0 Å². The summed E-state index contributed by atoms with van der Waals surface area (Å²) in [5.74, 6) is 0.949. The van der Waals surface area contributed by atoms with Gasteiger partial charge in [-0.15, -0.1) is 11.3 Å². The number of aliphatic hydroxyl groups is 1. The Hall–Kier alpha value is -2.18. The molecule has 0 aliphatic carbocycles. The van der Waals surface area contributed by atoms with Crippen molar-refractivity contribution in [1.82, 2.24) is 14.9 Å². The van der Waals surface area contributed by atoms with E-state index < -0.39 is 0 Å². The zero-order valence-corrected chi connectivity index (χ0v) is 18.3. The Morgan fingerprint density at radius 3 is 2.62 bits per heavy atom. The van der Waals surface area contributed by atoms with Crippen LogP contribution < -0.4 is 5.32 Å². The highest BCUT2D eigenvalue weighted by molar-refractivity contribution is 7.09. The van der Waals surface area contributed by atoms with Gasteiger partial charge in [-0.3, -0.25) is 4.79 Å². The number of imidazole rings is 1. The van der Waals surface area contributed by atoms with E-state index in [-0.39, 0.29) is 18.6 Å². The number of rotatable bonds is 10. The molecule has 1 atom stereocenters. The third kappa shape index (κ3) is 4.87. The largest absolute Gasteiger partial charge is 0.396 e. The summed E-state index contributed by atoms with van der Waals surface area (Å²) in [6.07, 6.45) is 4.25. The topological polar surface area (TPSA) is 67.2 Å². The van der Waals surface area contributed by atoms with E-state index in [4.69, 9.17) is 10.1 Å². The number of nitrogens with zero attached hydrogens (tertiary/aromatic N) is 2. The Labute approximate surface area is 176 Å². The maximum atomic E-state index is 12.7. The Morgan fingerprint density at radius 2 is 2.00 bits per heavy atom. The number of hydrogen-bond donors (Lipinski definition) is 2. The molecule has 1 amide bonds. The van der Waals surface area contributed by atoms with E-state index in [9.17, 15) is 4.79 Å². The highest BCUT2D eigenvalue weighted by Gasteiger charge is 2.19. The summed E-state index contributed by atoms with van der Waals surface area (Å²) < 4.78 is 2.36. The molecule has 0 bridgehead atoms. The summed E-state index contributed by atoms with van der Waals surface area (Å²) in [5.41, 5.74) is 2.57. The van der Waals surface area contributed by atoms with E-state index in [2.05, 4.69) is 41.2 Å². The fraction of sp³-hybridized carbons (Fsp3) is 0.478. The molecule has 1 unspecified atom stereocenters.